The number of nitro benzene ring substituents is 1. The quantitative estimate of drug-likeness (QED) is 0.260. The molecule has 0 aliphatic rings. The fraction of sp³-hybridized carbons (Fsp3) is 0.360. The second-order valence-electron chi connectivity index (χ2n) is 9.61. The number of rotatable bonds is 8. The number of esters is 1. The predicted molar refractivity (Wildman–Crippen MR) is 136 cm³/mol. The molecular weight excluding hydrogens is 502 g/mol. The van der Waals surface area contributed by atoms with E-state index in [1.807, 2.05) is 6.07 Å². The molecule has 0 fully saturated rings. The summed E-state index contributed by atoms with van der Waals surface area (Å²) in [5, 5.41) is 11.6. The maximum atomic E-state index is 12.9. The van der Waals surface area contributed by atoms with Crippen molar-refractivity contribution in [3.8, 4) is 0 Å². The van der Waals surface area contributed by atoms with E-state index in [2.05, 4.69) is 4.72 Å². The molecule has 0 radical (unpaired) electrons. The minimum absolute atomic E-state index is 0.218. The first-order chi connectivity index (χ1) is 17.2. The van der Waals surface area contributed by atoms with Gasteiger partial charge in [0.15, 0.2) is 0 Å². The summed E-state index contributed by atoms with van der Waals surface area (Å²) in [6, 6.07) is 10.3. The third-order valence-corrected chi connectivity index (χ3v) is 7.02. The molecule has 3 rings (SSSR count). The molecule has 0 bridgehead atoms. The SMILES string of the molecule is COC(=O)[C@@H](NS(=O)(=O)c1ccc([N+](=O)[O-])cc1)[C@@H](C)Cc1ccc2c(ccn2C(=O)OC(C)(C)C)c1. The van der Waals surface area contributed by atoms with Gasteiger partial charge in [0.1, 0.15) is 11.6 Å². The molecule has 1 N–H and O–H groups in total. The molecular formula is C25H29N3O8S. The van der Waals surface area contributed by atoms with Crippen LogP contribution in [0, 0.1) is 16.0 Å². The summed E-state index contributed by atoms with van der Waals surface area (Å²) in [6.45, 7) is 7.05. The van der Waals surface area contributed by atoms with Gasteiger partial charge in [0.25, 0.3) is 5.69 Å². The molecule has 3 aromatic rings. The summed E-state index contributed by atoms with van der Waals surface area (Å²) in [6.07, 6.45) is 1.42. The third kappa shape index (κ3) is 6.71. The van der Waals surface area contributed by atoms with Gasteiger partial charge in [0, 0.05) is 23.7 Å². The maximum absolute atomic E-state index is 12.9. The summed E-state index contributed by atoms with van der Waals surface area (Å²) < 4.78 is 39.9. The maximum Gasteiger partial charge on any atom is 0.418 e. The number of aromatic nitrogens is 1. The summed E-state index contributed by atoms with van der Waals surface area (Å²) in [4.78, 5) is 35.0. The van der Waals surface area contributed by atoms with E-state index < -0.39 is 44.6 Å². The van der Waals surface area contributed by atoms with Crippen LogP contribution in [0.25, 0.3) is 10.9 Å². The number of methoxy groups -OCH3 is 1. The highest BCUT2D eigenvalue weighted by atomic mass is 32.2. The Kier molecular flexibility index (Phi) is 8.03. The molecule has 2 aromatic carbocycles. The Labute approximate surface area is 214 Å². The molecule has 0 unspecified atom stereocenters. The van der Waals surface area contributed by atoms with Crippen molar-refractivity contribution in [2.75, 3.05) is 7.11 Å². The van der Waals surface area contributed by atoms with Crippen molar-refractivity contribution >= 4 is 38.7 Å². The molecule has 0 saturated heterocycles. The molecule has 0 saturated carbocycles. The Bertz CT molecular complexity index is 1420. The van der Waals surface area contributed by atoms with Crippen molar-refractivity contribution in [1.29, 1.82) is 0 Å². The monoisotopic (exact) mass is 531 g/mol. The number of nitrogens with zero attached hydrogens (tertiary/aromatic N) is 2. The Morgan fingerprint density at radius 2 is 1.76 bits per heavy atom. The zero-order valence-electron chi connectivity index (χ0n) is 21.1. The molecule has 0 aliphatic carbocycles. The number of sulfonamides is 1. The van der Waals surface area contributed by atoms with Crippen LogP contribution in [0.4, 0.5) is 10.5 Å². The average Bonchev–Trinajstić information content (AvgIpc) is 3.24. The van der Waals surface area contributed by atoms with Gasteiger partial charge in [0.2, 0.25) is 10.0 Å². The summed E-state index contributed by atoms with van der Waals surface area (Å²) in [5.74, 6) is -1.29. The lowest BCUT2D eigenvalue weighted by Gasteiger charge is -2.23. The molecule has 0 amide bonds. The van der Waals surface area contributed by atoms with E-state index >= 15 is 0 Å². The van der Waals surface area contributed by atoms with Crippen molar-refractivity contribution in [2.45, 2.75) is 50.7 Å². The highest BCUT2D eigenvalue weighted by Crippen LogP contribution is 2.23. The van der Waals surface area contributed by atoms with E-state index in [0.29, 0.717) is 11.9 Å². The highest BCUT2D eigenvalue weighted by molar-refractivity contribution is 7.89. The highest BCUT2D eigenvalue weighted by Gasteiger charge is 2.32. The van der Waals surface area contributed by atoms with Gasteiger partial charge in [-0.15, -0.1) is 0 Å². The van der Waals surface area contributed by atoms with E-state index in [9.17, 15) is 28.1 Å². The van der Waals surface area contributed by atoms with Gasteiger partial charge in [-0.2, -0.15) is 4.72 Å². The molecule has 12 heteroatoms. The largest absolute Gasteiger partial charge is 0.468 e. The fourth-order valence-electron chi connectivity index (χ4n) is 3.78. The van der Waals surface area contributed by atoms with Crippen LogP contribution in [-0.2, 0) is 30.7 Å². The van der Waals surface area contributed by atoms with E-state index in [1.54, 1.807) is 52.1 Å². The Hall–Kier alpha value is -3.77. The minimum Gasteiger partial charge on any atom is -0.468 e. The van der Waals surface area contributed by atoms with Crippen LogP contribution in [0.3, 0.4) is 0 Å². The number of fused-ring (bicyclic) bond motifs is 1. The smallest absolute Gasteiger partial charge is 0.418 e. The molecule has 0 aliphatic heterocycles. The number of ether oxygens (including phenoxy) is 2. The van der Waals surface area contributed by atoms with E-state index in [-0.39, 0.29) is 10.6 Å². The van der Waals surface area contributed by atoms with Crippen molar-refractivity contribution in [3.05, 3.63) is 70.4 Å². The summed E-state index contributed by atoms with van der Waals surface area (Å²) in [7, 11) is -3.02. The van der Waals surface area contributed by atoms with Crippen molar-refractivity contribution in [2.24, 2.45) is 5.92 Å². The zero-order valence-corrected chi connectivity index (χ0v) is 21.9. The molecule has 2 atom stereocenters. The van der Waals surface area contributed by atoms with Gasteiger partial charge in [-0.05, 0) is 69.0 Å². The van der Waals surface area contributed by atoms with Gasteiger partial charge in [-0.1, -0.05) is 13.0 Å². The minimum atomic E-state index is -4.18. The molecule has 1 heterocycles. The lowest BCUT2D eigenvalue weighted by molar-refractivity contribution is -0.384. The van der Waals surface area contributed by atoms with Crippen LogP contribution >= 0.6 is 0 Å². The van der Waals surface area contributed by atoms with Crippen molar-refractivity contribution < 1.29 is 32.4 Å². The Balaban J connectivity index is 1.81. The third-order valence-electron chi connectivity index (χ3n) is 5.57. The number of nitrogens with one attached hydrogen (secondary N) is 1. The summed E-state index contributed by atoms with van der Waals surface area (Å²) >= 11 is 0. The predicted octanol–water partition coefficient (Wildman–Crippen LogP) is 4.03. The normalized spacial score (nSPS) is 13.6. The van der Waals surface area contributed by atoms with Crippen LogP contribution in [0.5, 0.6) is 0 Å². The first-order valence-corrected chi connectivity index (χ1v) is 12.9. The van der Waals surface area contributed by atoms with Crippen LogP contribution in [0.2, 0.25) is 0 Å². The zero-order chi connectivity index (χ0) is 27.5. The number of hydrogen-bond donors (Lipinski definition) is 1. The number of benzene rings is 2. The topological polar surface area (TPSA) is 147 Å². The Morgan fingerprint density at radius 1 is 1.11 bits per heavy atom. The van der Waals surface area contributed by atoms with E-state index in [0.717, 1.165) is 42.3 Å². The van der Waals surface area contributed by atoms with Crippen molar-refractivity contribution in [3.63, 3.8) is 0 Å². The second kappa shape index (κ2) is 10.7. The number of hydrogen-bond acceptors (Lipinski definition) is 8. The van der Waals surface area contributed by atoms with Gasteiger partial charge >= 0.3 is 12.1 Å². The van der Waals surface area contributed by atoms with Crippen molar-refractivity contribution in [1.82, 2.24) is 9.29 Å². The number of carbonyl (C=O) groups excluding carboxylic acids is 2. The molecule has 11 nitrogen and oxygen atoms in total. The van der Waals surface area contributed by atoms with Crippen LogP contribution < -0.4 is 4.72 Å². The summed E-state index contributed by atoms with van der Waals surface area (Å²) in [5.41, 5.74) is 0.556. The molecule has 0 spiro atoms. The first kappa shape index (κ1) is 27.8. The number of nitro groups is 1. The lowest BCUT2D eigenvalue weighted by Crippen LogP contribution is -2.46. The fourth-order valence-corrected chi connectivity index (χ4v) is 5.08. The van der Waals surface area contributed by atoms with Crippen LogP contribution in [-0.4, -0.2) is 48.7 Å². The standard InChI is InChI=1S/C25H29N3O8S/c1-16(14-17-6-11-21-18(15-17)12-13-27(21)24(30)36-25(2,3)4)22(23(29)35-5)26-37(33,34)20-9-7-19(8-10-20)28(31)32/h6-13,15-16,22,26H,14H2,1-5H3/t16-,22-/m0/s1. The van der Waals surface area contributed by atoms with Gasteiger partial charge in [-0.25, -0.2) is 13.2 Å². The average molecular weight is 532 g/mol. The van der Waals surface area contributed by atoms with E-state index in [1.165, 1.54) is 4.57 Å². The van der Waals surface area contributed by atoms with Crippen LogP contribution in [0.15, 0.2) is 59.6 Å². The first-order valence-electron chi connectivity index (χ1n) is 11.4. The van der Waals surface area contributed by atoms with Gasteiger partial charge in [0.05, 0.1) is 22.4 Å². The molecule has 1 aromatic heterocycles. The van der Waals surface area contributed by atoms with Gasteiger partial charge in [-0.3, -0.25) is 19.5 Å². The molecule has 37 heavy (non-hydrogen) atoms. The molecule has 198 valence electrons. The van der Waals surface area contributed by atoms with Gasteiger partial charge < -0.3 is 9.47 Å². The van der Waals surface area contributed by atoms with E-state index in [4.69, 9.17) is 9.47 Å². The van der Waals surface area contributed by atoms with Crippen LogP contribution in [0.1, 0.15) is 33.3 Å². The Morgan fingerprint density at radius 3 is 2.32 bits per heavy atom. The lowest BCUT2D eigenvalue weighted by atomic mass is 9.94. The second-order valence-corrected chi connectivity index (χ2v) is 11.3. The number of non-ortho nitro benzene ring substituents is 1. The number of carbonyl (C=O) groups is 2.